The first kappa shape index (κ1) is 20.0. The van der Waals surface area contributed by atoms with Crippen molar-refractivity contribution in [3.05, 3.63) is 82.8 Å². The number of esters is 1. The molecule has 0 fully saturated rings. The van der Waals surface area contributed by atoms with E-state index in [-0.39, 0.29) is 23.6 Å². The molecular formula is C23H22N2O4. The smallest absolute Gasteiger partial charge is 0.338 e. The largest absolute Gasteiger partial charge is 0.494 e. The lowest BCUT2D eigenvalue weighted by molar-refractivity contribution is -0.138. The van der Waals surface area contributed by atoms with Crippen molar-refractivity contribution in [1.82, 2.24) is 0 Å². The van der Waals surface area contributed by atoms with Crippen molar-refractivity contribution >= 4 is 11.7 Å². The van der Waals surface area contributed by atoms with Crippen molar-refractivity contribution in [2.24, 2.45) is 5.73 Å². The van der Waals surface area contributed by atoms with Gasteiger partial charge < -0.3 is 19.9 Å². The standard InChI is InChI=1S/C23H22N2O4/c1-3-27-17-12-10-15(11-13-17)19-18(14-24)22(25)29-21(16-8-6-5-7-9-16)20(19)23(26)28-4-2/h5-13,19H,3-4,25H2,1-2H3. The summed E-state index contributed by atoms with van der Waals surface area (Å²) in [5, 5.41) is 9.75. The van der Waals surface area contributed by atoms with Crippen LogP contribution in [0.25, 0.3) is 5.76 Å². The Balaban J connectivity index is 2.20. The van der Waals surface area contributed by atoms with Gasteiger partial charge in [0.2, 0.25) is 5.88 Å². The minimum atomic E-state index is -0.710. The third kappa shape index (κ3) is 4.09. The van der Waals surface area contributed by atoms with Crippen molar-refractivity contribution < 1.29 is 19.0 Å². The van der Waals surface area contributed by atoms with Crippen LogP contribution in [0.1, 0.15) is 30.9 Å². The molecule has 6 nitrogen and oxygen atoms in total. The van der Waals surface area contributed by atoms with Gasteiger partial charge in [0.1, 0.15) is 23.2 Å². The lowest BCUT2D eigenvalue weighted by Gasteiger charge is -2.28. The zero-order valence-corrected chi connectivity index (χ0v) is 16.3. The molecule has 3 rings (SSSR count). The van der Waals surface area contributed by atoms with E-state index in [4.69, 9.17) is 19.9 Å². The van der Waals surface area contributed by atoms with E-state index in [1.54, 1.807) is 19.1 Å². The first-order valence-electron chi connectivity index (χ1n) is 9.37. The van der Waals surface area contributed by atoms with Crippen LogP contribution in [0.4, 0.5) is 0 Å². The molecule has 1 aliphatic heterocycles. The summed E-state index contributed by atoms with van der Waals surface area (Å²) in [6.07, 6.45) is 0. The number of benzene rings is 2. The van der Waals surface area contributed by atoms with Crippen molar-refractivity contribution in [3.8, 4) is 11.8 Å². The molecule has 0 saturated heterocycles. The normalized spacial score (nSPS) is 16.1. The third-order valence-electron chi connectivity index (χ3n) is 4.48. The molecule has 1 heterocycles. The van der Waals surface area contributed by atoms with Gasteiger partial charge in [-0.1, -0.05) is 42.5 Å². The summed E-state index contributed by atoms with van der Waals surface area (Å²) in [4.78, 5) is 12.9. The van der Waals surface area contributed by atoms with Gasteiger partial charge in [-0.25, -0.2) is 4.79 Å². The van der Waals surface area contributed by atoms with Crippen LogP contribution in [0.2, 0.25) is 0 Å². The molecule has 1 atom stereocenters. The predicted octanol–water partition coefficient (Wildman–Crippen LogP) is 3.87. The molecule has 1 aliphatic rings. The van der Waals surface area contributed by atoms with Gasteiger partial charge in [0.15, 0.2) is 0 Å². The Morgan fingerprint density at radius 2 is 1.79 bits per heavy atom. The second-order valence-corrected chi connectivity index (χ2v) is 6.26. The van der Waals surface area contributed by atoms with Gasteiger partial charge in [-0.3, -0.25) is 0 Å². The summed E-state index contributed by atoms with van der Waals surface area (Å²) >= 11 is 0. The second-order valence-electron chi connectivity index (χ2n) is 6.26. The first-order chi connectivity index (χ1) is 14.1. The molecular weight excluding hydrogens is 368 g/mol. The lowest BCUT2D eigenvalue weighted by atomic mass is 9.82. The van der Waals surface area contributed by atoms with Gasteiger partial charge >= 0.3 is 5.97 Å². The van der Waals surface area contributed by atoms with Gasteiger partial charge in [-0.05, 0) is 31.5 Å². The van der Waals surface area contributed by atoms with Crippen LogP contribution in [0.5, 0.6) is 5.75 Å². The quantitative estimate of drug-likeness (QED) is 0.753. The molecule has 1 unspecified atom stereocenters. The van der Waals surface area contributed by atoms with E-state index in [1.165, 1.54) is 0 Å². The highest BCUT2D eigenvalue weighted by Gasteiger charge is 2.38. The fourth-order valence-corrected chi connectivity index (χ4v) is 3.24. The number of hydrogen-bond acceptors (Lipinski definition) is 6. The molecule has 0 amide bonds. The zero-order valence-electron chi connectivity index (χ0n) is 16.3. The third-order valence-corrected chi connectivity index (χ3v) is 4.48. The van der Waals surface area contributed by atoms with Gasteiger partial charge in [-0.2, -0.15) is 5.26 Å². The number of carbonyl (C=O) groups is 1. The van der Waals surface area contributed by atoms with Crippen LogP contribution in [-0.2, 0) is 14.3 Å². The number of rotatable bonds is 6. The van der Waals surface area contributed by atoms with Crippen molar-refractivity contribution in [2.75, 3.05) is 13.2 Å². The van der Waals surface area contributed by atoms with E-state index in [9.17, 15) is 10.1 Å². The van der Waals surface area contributed by atoms with Crippen LogP contribution in [-0.4, -0.2) is 19.2 Å². The summed E-state index contributed by atoms with van der Waals surface area (Å²) in [6, 6.07) is 18.5. The number of carbonyl (C=O) groups excluding carboxylic acids is 1. The Hall–Kier alpha value is -3.72. The maximum absolute atomic E-state index is 12.9. The van der Waals surface area contributed by atoms with E-state index >= 15 is 0 Å². The summed E-state index contributed by atoms with van der Waals surface area (Å²) in [7, 11) is 0. The van der Waals surface area contributed by atoms with Gasteiger partial charge in [0.25, 0.3) is 0 Å². The van der Waals surface area contributed by atoms with E-state index in [0.717, 1.165) is 0 Å². The molecule has 148 valence electrons. The number of ether oxygens (including phenoxy) is 3. The molecule has 0 aromatic heterocycles. The first-order valence-corrected chi connectivity index (χ1v) is 9.37. The van der Waals surface area contributed by atoms with Crippen molar-refractivity contribution in [2.45, 2.75) is 19.8 Å². The van der Waals surface area contributed by atoms with Crippen LogP contribution in [0.15, 0.2) is 71.6 Å². The van der Waals surface area contributed by atoms with E-state index in [2.05, 4.69) is 6.07 Å². The minimum absolute atomic E-state index is 0.0294. The molecule has 0 radical (unpaired) electrons. The number of allylic oxidation sites excluding steroid dienone is 1. The van der Waals surface area contributed by atoms with E-state index < -0.39 is 11.9 Å². The van der Waals surface area contributed by atoms with Crippen LogP contribution in [0, 0.1) is 11.3 Å². The number of nitriles is 1. The van der Waals surface area contributed by atoms with Gasteiger partial charge in [0, 0.05) is 5.56 Å². The minimum Gasteiger partial charge on any atom is -0.494 e. The maximum atomic E-state index is 12.9. The molecule has 0 bridgehead atoms. The number of nitrogens with zero attached hydrogens (tertiary/aromatic N) is 1. The molecule has 0 aliphatic carbocycles. The summed E-state index contributed by atoms with van der Waals surface area (Å²) in [6.45, 7) is 4.36. The van der Waals surface area contributed by atoms with Crippen molar-refractivity contribution in [1.29, 1.82) is 5.26 Å². The molecule has 0 spiro atoms. The highest BCUT2D eigenvalue weighted by Crippen LogP contribution is 2.43. The molecule has 6 heteroatoms. The van der Waals surface area contributed by atoms with E-state index in [1.807, 2.05) is 49.4 Å². The summed E-state index contributed by atoms with van der Waals surface area (Å²) in [5.41, 5.74) is 7.88. The lowest BCUT2D eigenvalue weighted by Crippen LogP contribution is -2.25. The summed E-state index contributed by atoms with van der Waals surface area (Å²) in [5.74, 6) is -0.300. The molecule has 2 aromatic rings. The maximum Gasteiger partial charge on any atom is 0.338 e. The predicted molar refractivity (Wildman–Crippen MR) is 108 cm³/mol. The Morgan fingerprint density at radius 3 is 2.38 bits per heavy atom. The highest BCUT2D eigenvalue weighted by molar-refractivity contribution is 5.99. The van der Waals surface area contributed by atoms with Crippen LogP contribution in [0.3, 0.4) is 0 Å². The Morgan fingerprint density at radius 1 is 1.10 bits per heavy atom. The monoisotopic (exact) mass is 390 g/mol. The zero-order chi connectivity index (χ0) is 20.8. The number of hydrogen-bond donors (Lipinski definition) is 1. The molecule has 2 aromatic carbocycles. The highest BCUT2D eigenvalue weighted by atomic mass is 16.5. The molecule has 0 saturated carbocycles. The second kappa shape index (κ2) is 8.98. The fourth-order valence-electron chi connectivity index (χ4n) is 3.24. The average Bonchev–Trinajstić information content (AvgIpc) is 2.74. The van der Waals surface area contributed by atoms with Crippen LogP contribution < -0.4 is 10.5 Å². The van der Waals surface area contributed by atoms with Gasteiger partial charge in [-0.15, -0.1) is 0 Å². The van der Waals surface area contributed by atoms with Crippen LogP contribution >= 0.6 is 0 Å². The molecule has 2 N–H and O–H groups in total. The Bertz CT molecular complexity index is 986. The van der Waals surface area contributed by atoms with Gasteiger partial charge in [0.05, 0.1) is 24.7 Å². The number of nitrogens with two attached hydrogens (primary N) is 1. The average molecular weight is 390 g/mol. The topological polar surface area (TPSA) is 94.6 Å². The molecule has 29 heavy (non-hydrogen) atoms. The Kier molecular flexibility index (Phi) is 6.20. The van der Waals surface area contributed by atoms with Crippen molar-refractivity contribution in [3.63, 3.8) is 0 Å². The Labute approximate surface area is 169 Å². The van der Waals surface area contributed by atoms with E-state index in [0.29, 0.717) is 29.2 Å². The SMILES string of the molecule is CCOC(=O)C1=C(c2ccccc2)OC(N)=C(C#N)C1c1ccc(OCC)cc1. The summed E-state index contributed by atoms with van der Waals surface area (Å²) < 4.78 is 16.6. The fraction of sp³-hybridized carbons (Fsp3) is 0.217.